The van der Waals surface area contributed by atoms with E-state index in [2.05, 4.69) is 27.7 Å². The summed E-state index contributed by atoms with van der Waals surface area (Å²) in [7, 11) is 0. The van der Waals surface area contributed by atoms with E-state index in [0.717, 1.165) is 0 Å². The second-order valence-corrected chi connectivity index (χ2v) is 5.40. The summed E-state index contributed by atoms with van der Waals surface area (Å²) in [5.74, 6) is 1.59. The topological polar surface area (TPSA) is 9.23 Å². The van der Waals surface area contributed by atoms with Gasteiger partial charge in [0.2, 0.25) is 0 Å². The van der Waals surface area contributed by atoms with E-state index in [1.165, 1.54) is 0 Å². The molecule has 1 fully saturated rings. The van der Waals surface area contributed by atoms with Crippen molar-refractivity contribution in [1.29, 1.82) is 0 Å². The molecule has 16 heavy (non-hydrogen) atoms. The lowest BCUT2D eigenvalue weighted by Crippen LogP contribution is -2.27. The molecule has 3 heteroatoms. The molecule has 0 aromatic carbocycles. The first-order valence-corrected chi connectivity index (χ1v) is 6.04. The third-order valence-electron chi connectivity index (χ3n) is 3.60. The Kier molecular flexibility index (Phi) is 4.90. The Morgan fingerprint density at radius 3 is 2.12 bits per heavy atom. The van der Waals surface area contributed by atoms with Crippen LogP contribution in [0.4, 0.5) is 8.78 Å². The molecule has 1 rings (SSSR count). The zero-order valence-electron chi connectivity index (χ0n) is 10.6. The molecule has 0 aliphatic carbocycles. The van der Waals surface area contributed by atoms with Gasteiger partial charge in [-0.05, 0) is 30.1 Å². The van der Waals surface area contributed by atoms with Crippen molar-refractivity contribution >= 4 is 0 Å². The molecule has 94 valence electrons. The van der Waals surface area contributed by atoms with E-state index in [1.807, 2.05) is 0 Å². The lowest BCUT2D eigenvalue weighted by Gasteiger charge is -2.30. The van der Waals surface area contributed by atoms with Crippen LogP contribution in [0.25, 0.3) is 0 Å². The van der Waals surface area contributed by atoms with Crippen molar-refractivity contribution in [3.63, 3.8) is 0 Å². The summed E-state index contributed by atoms with van der Waals surface area (Å²) in [6.45, 7) is 9.22. The standard InChI is InChI=1S/C13H22F2O/c1-8(2)11-5-10(13(14)15)6-16-7-12(11)9(3)4/h8-9,11-12H,5-7H2,1-4H3. The maximum atomic E-state index is 12.7. The summed E-state index contributed by atoms with van der Waals surface area (Å²) in [5, 5.41) is 0. The fourth-order valence-corrected chi connectivity index (χ4v) is 2.49. The van der Waals surface area contributed by atoms with Gasteiger partial charge < -0.3 is 4.74 Å². The Morgan fingerprint density at radius 1 is 1.12 bits per heavy atom. The molecule has 2 atom stereocenters. The van der Waals surface area contributed by atoms with E-state index in [0.29, 0.717) is 36.7 Å². The predicted octanol–water partition coefficient (Wildman–Crippen LogP) is 4.10. The minimum absolute atomic E-state index is 0.106. The zero-order valence-corrected chi connectivity index (χ0v) is 10.6. The molecule has 0 saturated carbocycles. The molecule has 0 amide bonds. The van der Waals surface area contributed by atoms with E-state index in [1.54, 1.807) is 0 Å². The molecule has 0 aromatic heterocycles. The average molecular weight is 232 g/mol. The highest BCUT2D eigenvalue weighted by Crippen LogP contribution is 2.36. The van der Waals surface area contributed by atoms with Crippen LogP contribution >= 0.6 is 0 Å². The lowest BCUT2D eigenvalue weighted by atomic mass is 9.75. The molecule has 2 unspecified atom stereocenters. The Morgan fingerprint density at radius 2 is 1.69 bits per heavy atom. The van der Waals surface area contributed by atoms with Crippen molar-refractivity contribution in [2.45, 2.75) is 34.1 Å². The molecule has 1 aliphatic rings. The van der Waals surface area contributed by atoms with Crippen LogP contribution in [0.2, 0.25) is 0 Å². The normalized spacial score (nSPS) is 27.4. The molecule has 0 radical (unpaired) electrons. The second kappa shape index (κ2) is 5.76. The Bertz CT molecular complexity index is 255. The third kappa shape index (κ3) is 3.27. The summed E-state index contributed by atoms with van der Waals surface area (Å²) in [6, 6.07) is 0. The SMILES string of the molecule is CC(C)C1COCC(=C(F)F)CC1C(C)C. The Labute approximate surface area is 96.9 Å². The second-order valence-electron chi connectivity index (χ2n) is 5.40. The van der Waals surface area contributed by atoms with Crippen molar-refractivity contribution in [1.82, 2.24) is 0 Å². The van der Waals surface area contributed by atoms with E-state index in [9.17, 15) is 8.78 Å². The number of rotatable bonds is 2. The molecule has 0 N–H and O–H groups in total. The fraction of sp³-hybridized carbons (Fsp3) is 0.846. The van der Waals surface area contributed by atoms with Gasteiger partial charge in [-0.1, -0.05) is 27.7 Å². The van der Waals surface area contributed by atoms with Crippen LogP contribution in [0.3, 0.4) is 0 Å². The van der Waals surface area contributed by atoms with Crippen LogP contribution in [0.5, 0.6) is 0 Å². The summed E-state index contributed by atoms with van der Waals surface area (Å²) < 4.78 is 30.7. The van der Waals surface area contributed by atoms with Gasteiger partial charge in [0.05, 0.1) is 13.2 Å². The van der Waals surface area contributed by atoms with Crippen LogP contribution in [-0.4, -0.2) is 13.2 Å². The highest BCUT2D eigenvalue weighted by Gasteiger charge is 2.31. The minimum atomic E-state index is -1.55. The van der Waals surface area contributed by atoms with Crippen molar-refractivity contribution in [3.05, 3.63) is 11.7 Å². The van der Waals surface area contributed by atoms with Crippen molar-refractivity contribution in [2.24, 2.45) is 23.7 Å². The van der Waals surface area contributed by atoms with Gasteiger partial charge >= 0.3 is 0 Å². The number of hydrogen-bond donors (Lipinski definition) is 0. The van der Waals surface area contributed by atoms with Crippen molar-refractivity contribution in [2.75, 3.05) is 13.2 Å². The van der Waals surface area contributed by atoms with Crippen LogP contribution < -0.4 is 0 Å². The molecular formula is C13H22F2O. The third-order valence-corrected chi connectivity index (χ3v) is 3.60. The minimum Gasteiger partial charge on any atom is -0.377 e. The fourth-order valence-electron chi connectivity index (χ4n) is 2.49. The molecule has 1 aliphatic heterocycles. The van der Waals surface area contributed by atoms with Crippen LogP contribution in [0, 0.1) is 23.7 Å². The first-order chi connectivity index (χ1) is 7.43. The highest BCUT2D eigenvalue weighted by molar-refractivity contribution is 5.06. The van der Waals surface area contributed by atoms with E-state index >= 15 is 0 Å². The molecule has 1 heterocycles. The summed E-state index contributed by atoms with van der Waals surface area (Å²) in [5.41, 5.74) is 0.196. The average Bonchev–Trinajstić information content (AvgIpc) is 2.38. The summed E-state index contributed by atoms with van der Waals surface area (Å²) in [4.78, 5) is 0. The summed E-state index contributed by atoms with van der Waals surface area (Å²) in [6.07, 6.45) is -1.06. The van der Waals surface area contributed by atoms with E-state index in [-0.39, 0.29) is 12.2 Å². The van der Waals surface area contributed by atoms with Gasteiger partial charge in [0, 0.05) is 5.57 Å². The van der Waals surface area contributed by atoms with E-state index in [4.69, 9.17) is 4.74 Å². The molecule has 0 aromatic rings. The Balaban J connectivity index is 2.88. The van der Waals surface area contributed by atoms with Gasteiger partial charge in [-0.15, -0.1) is 0 Å². The van der Waals surface area contributed by atoms with Gasteiger partial charge in [-0.3, -0.25) is 0 Å². The molecule has 1 nitrogen and oxygen atoms in total. The van der Waals surface area contributed by atoms with Crippen molar-refractivity contribution in [3.8, 4) is 0 Å². The van der Waals surface area contributed by atoms with Gasteiger partial charge in [0.1, 0.15) is 0 Å². The van der Waals surface area contributed by atoms with Gasteiger partial charge in [-0.25, -0.2) is 0 Å². The number of hydrogen-bond acceptors (Lipinski definition) is 1. The molecule has 1 saturated heterocycles. The number of ether oxygens (including phenoxy) is 1. The van der Waals surface area contributed by atoms with Crippen molar-refractivity contribution < 1.29 is 13.5 Å². The van der Waals surface area contributed by atoms with E-state index < -0.39 is 6.08 Å². The van der Waals surface area contributed by atoms with Crippen LogP contribution in [-0.2, 0) is 4.74 Å². The van der Waals surface area contributed by atoms with Gasteiger partial charge in [0.25, 0.3) is 6.08 Å². The molecule has 0 bridgehead atoms. The largest absolute Gasteiger partial charge is 0.377 e. The van der Waals surface area contributed by atoms with Gasteiger partial charge in [0.15, 0.2) is 0 Å². The molecular weight excluding hydrogens is 210 g/mol. The maximum absolute atomic E-state index is 12.7. The number of halogens is 2. The first kappa shape index (κ1) is 13.6. The molecule has 0 spiro atoms. The maximum Gasteiger partial charge on any atom is 0.271 e. The first-order valence-electron chi connectivity index (χ1n) is 6.04. The van der Waals surface area contributed by atoms with Crippen LogP contribution in [0.15, 0.2) is 11.7 Å². The van der Waals surface area contributed by atoms with Crippen LogP contribution in [0.1, 0.15) is 34.1 Å². The Hall–Kier alpha value is -0.440. The smallest absolute Gasteiger partial charge is 0.271 e. The lowest BCUT2D eigenvalue weighted by molar-refractivity contribution is 0.0765. The predicted molar refractivity (Wildman–Crippen MR) is 61.3 cm³/mol. The highest BCUT2D eigenvalue weighted by atomic mass is 19.3. The quantitative estimate of drug-likeness (QED) is 0.696. The van der Waals surface area contributed by atoms with Gasteiger partial charge in [-0.2, -0.15) is 8.78 Å². The zero-order chi connectivity index (χ0) is 12.3. The monoisotopic (exact) mass is 232 g/mol. The summed E-state index contributed by atoms with van der Waals surface area (Å²) >= 11 is 0.